The summed E-state index contributed by atoms with van der Waals surface area (Å²) in [7, 11) is 1.66. The van der Waals surface area contributed by atoms with Gasteiger partial charge in [-0.3, -0.25) is 0 Å². The third kappa shape index (κ3) is 3.05. The molecule has 0 atom stereocenters. The molecule has 0 saturated carbocycles. The molecule has 3 heterocycles. The van der Waals surface area contributed by atoms with Crippen LogP contribution in [-0.2, 0) is 0 Å². The molecule has 0 bridgehead atoms. The van der Waals surface area contributed by atoms with Crippen molar-refractivity contribution in [2.75, 3.05) is 30.9 Å². The molecular weight excluding hydrogens is 370 g/mol. The van der Waals surface area contributed by atoms with Crippen molar-refractivity contribution in [2.24, 2.45) is 5.10 Å². The lowest BCUT2D eigenvalue weighted by molar-refractivity contribution is 0.416. The van der Waals surface area contributed by atoms with Crippen molar-refractivity contribution in [3.8, 4) is 17.1 Å². The predicted octanol–water partition coefficient (Wildman–Crippen LogP) is 3.91. The number of ether oxygens (including phenoxy) is 1. The second-order valence-corrected chi connectivity index (χ2v) is 7.84. The van der Waals surface area contributed by atoms with E-state index in [1.165, 1.54) is 18.5 Å². The van der Waals surface area contributed by atoms with Gasteiger partial charge in [0.1, 0.15) is 5.75 Å². The summed E-state index contributed by atoms with van der Waals surface area (Å²) in [5.41, 5.74) is 4.35. The minimum atomic E-state index is 0.700. The number of methoxy groups -OCH3 is 1. The Morgan fingerprint density at radius 3 is 2.54 bits per heavy atom. The van der Waals surface area contributed by atoms with Crippen molar-refractivity contribution < 1.29 is 4.74 Å². The van der Waals surface area contributed by atoms with Crippen LogP contribution in [0.15, 0.2) is 58.8 Å². The Balaban J connectivity index is 1.49. The van der Waals surface area contributed by atoms with Gasteiger partial charge in [0.2, 0.25) is 5.16 Å². The van der Waals surface area contributed by atoms with Crippen LogP contribution in [0.1, 0.15) is 18.4 Å². The van der Waals surface area contributed by atoms with Gasteiger partial charge in [-0.15, -0.1) is 10.2 Å². The van der Waals surface area contributed by atoms with Gasteiger partial charge in [-0.05, 0) is 42.7 Å². The van der Waals surface area contributed by atoms with Crippen LogP contribution in [0.4, 0.5) is 5.69 Å². The van der Waals surface area contributed by atoms with E-state index >= 15 is 0 Å². The SMILES string of the molecule is COc1ccccc1-c1nnc2n1N=C(c1ccc(N3CCCC3)cc1)CS2. The van der Waals surface area contributed by atoms with Crippen molar-refractivity contribution in [3.63, 3.8) is 0 Å². The normalized spacial score (nSPS) is 16.0. The van der Waals surface area contributed by atoms with Crippen LogP contribution in [0.2, 0.25) is 0 Å². The molecule has 1 saturated heterocycles. The zero-order valence-corrected chi connectivity index (χ0v) is 16.5. The van der Waals surface area contributed by atoms with Crippen molar-refractivity contribution in [2.45, 2.75) is 18.0 Å². The Bertz CT molecular complexity index is 1020. The predicted molar refractivity (Wildman–Crippen MR) is 113 cm³/mol. The van der Waals surface area contributed by atoms with Crippen LogP contribution in [0.3, 0.4) is 0 Å². The van der Waals surface area contributed by atoms with Gasteiger partial charge in [-0.1, -0.05) is 36.0 Å². The molecule has 5 rings (SSSR count). The standard InChI is InChI=1S/C21H21N5OS/c1-27-19-7-3-2-6-17(19)20-22-23-21-26(20)24-18(14-28-21)15-8-10-16(11-9-15)25-12-4-5-13-25/h2-3,6-11H,4-5,12-14H2,1H3. The highest BCUT2D eigenvalue weighted by Crippen LogP contribution is 2.33. The first-order chi connectivity index (χ1) is 13.8. The van der Waals surface area contributed by atoms with E-state index in [1.807, 2.05) is 28.9 Å². The smallest absolute Gasteiger partial charge is 0.212 e. The summed E-state index contributed by atoms with van der Waals surface area (Å²) in [5, 5.41) is 14.4. The molecule has 0 N–H and O–H groups in total. The van der Waals surface area contributed by atoms with E-state index in [0.29, 0.717) is 5.82 Å². The minimum Gasteiger partial charge on any atom is -0.496 e. The quantitative estimate of drug-likeness (QED) is 0.675. The number of anilines is 1. The fourth-order valence-corrected chi connectivity index (χ4v) is 4.54. The topological polar surface area (TPSA) is 55.5 Å². The third-order valence-electron chi connectivity index (χ3n) is 5.19. The van der Waals surface area contributed by atoms with Crippen molar-refractivity contribution >= 4 is 23.2 Å². The van der Waals surface area contributed by atoms with Crippen LogP contribution in [-0.4, -0.2) is 46.5 Å². The van der Waals surface area contributed by atoms with Crippen LogP contribution < -0.4 is 9.64 Å². The second kappa shape index (κ2) is 7.31. The van der Waals surface area contributed by atoms with E-state index in [1.54, 1.807) is 18.9 Å². The van der Waals surface area contributed by atoms with Gasteiger partial charge < -0.3 is 9.64 Å². The molecule has 0 aliphatic carbocycles. The van der Waals surface area contributed by atoms with Crippen molar-refractivity contribution in [1.29, 1.82) is 0 Å². The lowest BCUT2D eigenvalue weighted by atomic mass is 10.1. The summed E-state index contributed by atoms with van der Waals surface area (Å²) in [5.74, 6) is 2.25. The monoisotopic (exact) mass is 391 g/mol. The van der Waals surface area contributed by atoms with E-state index in [9.17, 15) is 0 Å². The summed E-state index contributed by atoms with van der Waals surface area (Å²) in [6, 6.07) is 16.6. The number of rotatable bonds is 4. The molecule has 3 aromatic rings. The van der Waals surface area contributed by atoms with Crippen LogP contribution in [0.5, 0.6) is 5.75 Å². The molecule has 2 aromatic carbocycles. The van der Waals surface area contributed by atoms with Gasteiger partial charge in [-0.25, -0.2) is 0 Å². The fraction of sp³-hybridized carbons (Fsp3) is 0.286. The largest absolute Gasteiger partial charge is 0.496 e. The van der Waals surface area contributed by atoms with Gasteiger partial charge >= 0.3 is 0 Å². The number of aromatic nitrogens is 3. The summed E-state index contributed by atoms with van der Waals surface area (Å²) in [4.78, 5) is 2.44. The molecule has 28 heavy (non-hydrogen) atoms. The number of thioether (sulfide) groups is 1. The number of hydrogen-bond acceptors (Lipinski definition) is 6. The highest BCUT2D eigenvalue weighted by atomic mass is 32.2. The van der Waals surface area contributed by atoms with Crippen molar-refractivity contribution in [1.82, 2.24) is 14.9 Å². The van der Waals surface area contributed by atoms with Gasteiger partial charge in [0, 0.05) is 24.5 Å². The average Bonchev–Trinajstić information content (AvgIpc) is 3.43. The average molecular weight is 392 g/mol. The van der Waals surface area contributed by atoms with E-state index in [-0.39, 0.29) is 0 Å². The first kappa shape index (κ1) is 17.3. The summed E-state index contributed by atoms with van der Waals surface area (Å²) >= 11 is 1.66. The number of benzene rings is 2. The maximum atomic E-state index is 5.49. The first-order valence-electron chi connectivity index (χ1n) is 9.48. The van der Waals surface area contributed by atoms with E-state index in [0.717, 1.165) is 46.6 Å². The molecule has 2 aliphatic rings. The zero-order chi connectivity index (χ0) is 18.9. The van der Waals surface area contributed by atoms with Crippen LogP contribution in [0.25, 0.3) is 11.4 Å². The molecule has 0 unspecified atom stereocenters. The molecule has 2 aliphatic heterocycles. The Labute approximate surface area is 168 Å². The maximum absolute atomic E-state index is 5.49. The minimum absolute atomic E-state index is 0.700. The van der Waals surface area contributed by atoms with E-state index in [4.69, 9.17) is 9.84 Å². The summed E-state index contributed by atoms with van der Waals surface area (Å²) in [6.07, 6.45) is 2.57. The Morgan fingerprint density at radius 2 is 1.75 bits per heavy atom. The third-order valence-corrected chi connectivity index (χ3v) is 6.12. The zero-order valence-electron chi connectivity index (χ0n) is 15.7. The van der Waals surface area contributed by atoms with Crippen LogP contribution >= 0.6 is 11.8 Å². The van der Waals surface area contributed by atoms with Crippen LogP contribution in [0, 0.1) is 0 Å². The fourth-order valence-electron chi connectivity index (χ4n) is 3.71. The number of para-hydroxylation sites is 1. The van der Waals surface area contributed by atoms with Gasteiger partial charge in [-0.2, -0.15) is 9.78 Å². The van der Waals surface area contributed by atoms with E-state index in [2.05, 4.69) is 39.4 Å². The lowest BCUT2D eigenvalue weighted by Gasteiger charge is -2.19. The Kier molecular flexibility index (Phi) is 4.52. The highest BCUT2D eigenvalue weighted by molar-refractivity contribution is 7.99. The summed E-state index contributed by atoms with van der Waals surface area (Å²) in [6.45, 7) is 2.31. The van der Waals surface area contributed by atoms with Gasteiger partial charge in [0.25, 0.3) is 0 Å². The second-order valence-electron chi connectivity index (χ2n) is 6.89. The maximum Gasteiger partial charge on any atom is 0.212 e. The molecule has 0 amide bonds. The van der Waals surface area contributed by atoms with Crippen molar-refractivity contribution in [3.05, 3.63) is 54.1 Å². The lowest BCUT2D eigenvalue weighted by Crippen LogP contribution is -2.18. The Morgan fingerprint density at radius 1 is 0.964 bits per heavy atom. The first-order valence-corrected chi connectivity index (χ1v) is 10.5. The summed E-state index contributed by atoms with van der Waals surface area (Å²) < 4.78 is 7.32. The molecule has 6 nitrogen and oxygen atoms in total. The number of nitrogens with zero attached hydrogens (tertiary/aromatic N) is 5. The molecule has 142 valence electrons. The number of fused-ring (bicyclic) bond motifs is 1. The van der Waals surface area contributed by atoms with E-state index < -0.39 is 0 Å². The molecule has 1 fully saturated rings. The molecule has 1 aromatic heterocycles. The molecule has 0 radical (unpaired) electrons. The highest BCUT2D eigenvalue weighted by Gasteiger charge is 2.22. The van der Waals surface area contributed by atoms with Gasteiger partial charge in [0.05, 0.1) is 18.4 Å². The molecule has 0 spiro atoms. The molecule has 7 heteroatoms. The number of hydrogen-bond donors (Lipinski definition) is 0. The molecular formula is C21H21N5OS. The Hall–Kier alpha value is -2.80. The van der Waals surface area contributed by atoms with Gasteiger partial charge in [0.15, 0.2) is 5.82 Å².